The number of carbonyl (C=O) groups is 3. The molecule has 1 atom stereocenters. The molecule has 41 heavy (non-hydrogen) atoms. The number of amides is 1. The highest BCUT2D eigenvalue weighted by atomic mass is 32.1. The second-order valence-electron chi connectivity index (χ2n) is 9.60. The largest absolute Gasteiger partial charge is 0.493 e. The van der Waals surface area contributed by atoms with E-state index in [9.17, 15) is 19.2 Å². The average molecular weight is 576 g/mol. The van der Waals surface area contributed by atoms with Crippen molar-refractivity contribution in [2.24, 2.45) is 4.99 Å². The standard InChI is InChI=1S/C30H29N3O7S/c1-6-7-14-32-20-11-9-8-10-19(20)24(27(32)35)26-28(36)33-25(23(29(37)39-5)16(2)31-30(33)41-26)18-12-13-21(40-17(3)34)22(15-18)38-4/h8-13,15,25H,6-7,14H2,1-5H3/b26-24-/t25-/m1/s1. The monoisotopic (exact) mass is 575 g/mol. The Balaban J connectivity index is 1.78. The molecule has 212 valence electrons. The summed E-state index contributed by atoms with van der Waals surface area (Å²) < 4.78 is 17.4. The molecule has 0 fully saturated rings. The Bertz CT molecular complexity index is 1800. The lowest BCUT2D eigenvalue weighted by Gasteiger charge is -2.25. The van der Waals surface area contributed by atoms with Gasteiger partial charge in [-0.3, -0.25) is 19.0 Å². The zero-order chi connectivity index (χ0) is 29.4. The zero-order valence-corrected chi connectivity index (χ0v) is 24.2. The highest BCUT2D eigenvalue weighted by molar-refractivity contribution is 7.07. The molecule has 0 aliphatic carbocycles. The lowest BCUT2D eigenvalue weighted by molar-refractivity contribution is -0.136. The molecule has 0 radical (unpaired) electrons. The summed E-state index contributed by atoms with van der Waals surface area (Å²) in [6, 6.07) is 11.3. The van der Waals surface area contributed by atoms with Crippen molar-refractivity contribution in [1.82, 2.24) is 4.57 Å². The number of esters is 2. The molecule has 3 heterocycles. The van der Waals surface area contributed by atoms with E-state index in [1.165, 1.54) is 25.7 Å². The van der Waals surface area contributed by atoms with Gasteiger partial charge in [0.15, 0.2) is 16.3 Å². The van der Waals surface area contributed by atoms with E-state index < -0.39 is 23.5 Å². The number of nitrogens with zero attached hydrogens (tertiary/aromatic N) is 3. The van der Waals surface area contributed by atoms with Gasteiger partial charge in [-0.25, -0.2) is 9.79 Å². The van der Waals surface area contributed by atoms with Crippen LogP contribution in [0.1, 0.15) is 50.8 Å². The number of methoxy groups -OCH3 is 2. The molecular formula is C30H29N3O7S. The average Bonchev–Trinajstić information content (AvgIpc) is 3.42. The summed E-state index contributed by atoms with van der Waals surface area (Å²) in [6.07, 6.45) is 1.74. The van der Waals surface area contributed by atoms with Crippen LogP contribution in [0.4, 0.5) is 5.69 Å². The smallest absolute Gasteiger partial charge is 0.338 e. The second-order valence-corrected chi connectivity index (χ2v) is 10.6. The quantitative estimate of drug-likeness (QED) is 0.314. The number of hydrogen-bond acceptors (Lipinski definition) is 9. The number of aromatic nitrogens is 1. The van der Waals surface area contributed by atoms with E-state index in [1.54, 1.807) is 30.0 Å². The van der Waals surface area contributed by atoms with Crippen LogP contribution < -0.4 is 29.3 Å². The molecule has 5 rings (SSSR count). The number of unbranched alkanes of at least 4 members (excludes halogenated alkanes) is 1. The third kappa shape index (κ3) is 4.76. The van der Waals surface area contributed by atoms with Crippen molar-refractivity contribution in [1.29, 1.82) is 0 Å². The summed E-state index contributed by atoms with van der Waals surface area (Å²) in [5.41, 5.74) is 2.38. The van der Waals surface area contributed by atoms with Crippen LogP contribution in [-0.2, 0) is 19.1 Å². The number of thiazole rings is 1. The molecule has 3 aromatic rings. The van der Waals surface area contributed by atoms with Crippen LogP contribution in [0.15, 0.2) is 63.5 Å². The van der Waals surface area contributed by atoms with Gasteiger partial charge in [0.05, 0.1) is 42.8 Å². The van der Waals surface area contributed by atoms with Gasteiger partial charge in [-0.2, -0.15) is 0 Å². The first-order valence-electron chi connectivity index (χ1n) is 13.1. The molecule has 0 unspecified atom stereocenters. The first-order chi connectivity index (χ1) is 19.7. The molecule has 1 aromatic heterocycles. The molecule has 0 bridgehead atoms. The number of fused-ring (bicyclic) bond motifs is 2. The summed E-state index contributed by atoms with van der Waals surface area (Å²) in [5.74, 6) is -0.971. The van der Waals surface area contributed by atoms with Crippen molar-refractivity contribution in [3.63, 3.8) is 0 Å². The van der Waals surface area contributed by atoms with Crippen LogP contribution in [0.25, 0.3) is 5.57 Å². The van der Waals surface area contributed by atoms with E-state index in [1.807, 2.05) is 24.3 Å². The Kier molecular flexibility index (Phi) is 7.63. The third-order valence-corrected chi connectivity index (χ3v) is 8.10. The van der Waals surface area contributed by atoms with Crippen LogP contribution in [0.5, 0.6) is 11.5 Å². The fourth-order valence-electron chi connectivity index (χ4n) is 5.19. The predicted octanol–water partition coefficient (Wildman–Crippen LogP) is 2.86. The second kappa shape index (κ2) is 11.2. The van der Waals surface area contributed by atoms with Gasteiger partial charge in [0.2, 0.25) is 0 Å². The number of allylic oxidation sites excluding steroid dienone is 1. The molecule has 11 heteroatoms. The van der Waals surface area contributed by atoms with Gasteiger partial charge >= 0.3 is 11.9 Å². The number of anilines is 1. The van der Waals surface area contributed by atoms with E-state index in [2.05, 4.69) is 11.9 Å². The highest BCUT2D eigenvalue weighted by Gasteiger charge is 2.37. The molecule has 0 spiro atoms. The Morgan fingerprint density at radius 1 is 1.07 bits per heavy atom. The summed E-state index contributed by atoms with van der Waals surface area (Å²) in [4.78, 5) is 59.3. The molecule has 2 aliphatic heterocycles. The Hall–Kier alpha value is -4.51. The van der Waals surface area contributed by atoms with Crippen molar-refractivity contribution in [3.8, 4) is 11.5 Å². The maximum absolute atomic E-state index is 14.2. The van der Waals surface area contributed by atoms with Crippen molar-refractivity contribution in [3.05, 3.63) is 84.5 Å². The highest BCUT2D eigenvalue weighted by Crippen LogP contribution is 2.37. The maximum atomic E-state index is 14.2. The van der Waals surface area contributed by atoms with E-state index in [0.717, 1.165) is 29.9 Å². The van der Waals surface area contributed by atoms with E-state index in [-0.39, 0.29) is 27.5 Å². The Labute approximate surface area is 239 Å². The van der Waals surface area contributed by atoms with Crippen molar-refractivity contribution < 1.29 is 28.6 Å². The molecule has 0 saturated carbocycles. The predicted molar refractivity (Wildman–Crippen MR) is 153 cm³/mol. The number of benzene rings is 2. The summed E-state index contributed by atoms with van der Waals surface area (Å²) >= 11 is 1.11. The van der Waals surface area contributed by atoms with E-state index in [4.69, 9.17) is 14.2 Å². The Morgan fingerprint density at radius 2 is 1.83 bits per heavy atom. The summed E-state index contributed by atoms with van der Waals surface area (Å²) in [5, 5.41) is 0. The molecule has 10 nitrogen and oxygen atoms in total. The van der Waals surface area contributed by atoms with Gasteiger partial charge < -0.3 is 19.1 Å². The number of ether oxygens (including phenoxy) is 3. The molecule has 0 N–H and O–H groups in total. The van der Waals surface area contributed by atoms with Crippen LogP contribution in [0.2, 0.25) is 0 Å². The van der Waals surface area contributed by atoms with Gasteiger partial charge in [-0.1, -0.05) is 48.9 Å². The fraction of sp³-hybridized carbons (Fsp3) is 0.300. The first kappa shape index (κ1) is 28.0. The summed E-state index contributed by atoms with van der Waals surface area (Å²) in [6.45, 7) is 5.55. The van der Waals surface area contributed by atoms with Crippen molar-refractivity contribution in [2.75, 3.05) is 25.7 Å². The van der Waals surface area contributed by atoms with Gasteiger partial charge in [-0.05, 0) is 37.1 Å². The summed E-state index contributed by atoms with van der Waals surface area (Å²) in [7, 11) is 2.69. The van der Waals surface area contributed by atoms with Gasteiger partial charge in [0, 0.05) is 19.0 Å². The van der Waals surface area contributed by atoms with Crippen LogP contribution in [0.3, 0.4) is 0 Å². The minimum absolute atomic E-state index is 0.168. The fourth-order valence-corrected chi connectivity index (χ4v) is 6.33. The lowest BCUT2D eigenvalue weighted by Crippen LogP contribution is -2.41. The van der Waals surface area contributed by atoms with Crippen molar-refractivity contribution in [2.45, 2.75) is 39.7 Å². The lowest BCUT2D eigenvalue weighted by atomic mass is 9.95. The molecule has 2 aliphatic rings. The SMILES string of the molecule is CCCCN1C(=O)/C(=c2\sc3n(c2=O)[C@H](c2ccc(OC(C)=O)c(OC)c2)C(C(=O)OC)=C(C)N=3)c2ccccc21. The van der Waals surface area contributed by atoms with Crippen LogP contribution in [-0.4, -0.2) is 43.2 Å². The first-order valence-corrected chi connectivity index (χ1v) is 13.9. The number of carbonyl (C=O) groups excluding carboxylic acids is 3. The minimum atomic E-state index is -0.934. The van der Waals surface area contributed by atoms with Crippen LogP contribution in [0, 0.1) is 0 Å². The Morgan fingerprint density at radius 3 is 2.51 bits per heavy atom. The normalized spacial score (nSPS) is 17.1. The van der Waals surface area contributed by atoms with Crippen molar-refractivity contribution >= 4 is 40.4 Å². The van der Waals surface area contributed by atoms with E-state index in [0.29, 0.717) is 33.7 Å². The molecule has 0 saturated heterocycles. The molecule has 2 aromatic carbocycles. The van der Waals surface area contributed by atoms with Gasteiger partial charge in [-0.15, -0.1) is 0 Å². The number of rotatable bonds is 7. The van der Waals surface area contributed by atoms with Gasteiger partial charge in [0.25, 0.3) is 11.5 Å². The third-order valence-electron chi connectivity index (χ3n) is 7.05. The van der Waals surface area contributed by atoms with E-state index >= 15 is 0 Å². The maximum Gasteiger partial charge on any atom is 0.338 e. The number of para-hydroxylation sites is 1. The number of hydrogen-bond donors (Lipinski definition) is 0. The minimum Gasteiger partial charge on any atom is -0.493 e. The topological polar surface area (TPSA) is 117 Å². The van der Waals surface area contributed by atoms with Gasteiger partial charge in [0.1, 0.15) is 4.53 Å². The zero-order valence-electron chi connectivity index (χ0n) is 23.3. The molecular weight excluding hydrogens is 546 g/mol. The molecule has 1 amide bonds. The van der Waals surface area contributed by atoms with Crippen LogP contribution >= 0.6 is 11.3 Å².